The third-order valence-electron chi connectivity index (χ3n) is 5.48. The van der Waals surface area contributed by atoms with Crippen LogP contribution in [0.4, 0.5) is 5.69 Å². The highest BCUT2D eigenvalue weighted by atomic mass is 16.2. The van der Waals surface area contributed by atoms with Gasteiger partial charge in [0, 0.05) is 36.6 Å². The van der Waals surface area contributed by atoms with Crippen molar-refractivity contribution >= 4 is 28.7 Å². The third-order valence-corrected chi connectivity index (χ3v) is 5.48. The topological polar surface area (TPSA) is 108 Å². The second-order valence-electron chi connectivity index (χ2n) is 7.91. The van der Waals surface area contributed by atoms with Gasteiger partial charge in [0.2, 0.25) is 0 Å². The van der Waals surface area contributed by atoms with E-state index in [1.807, 2.05) is 54.6 Å². The molecule has 2 aromatic carbocycles. The molecule has 0 bridgehead atoms. The minimum absolute atomic E-state index is 0.271. The van der Waals surface area contributed by atoms with Crippen LogP contribution >= 0.6 is 0 Å². The Kier molecular flexibility index (Phi) is 5.61. The first-order valence-corrected chi connectivity index (χ1v) is 10.7. The van der Waals surface area contributed by atoms with Gasteiger partial charge in [0.25, 0.3) is 11.5 Å². The van der Waals surface area contributed by atoms with Crippen molar-refractivity contribution in [3.8, 4) is 11.3 Å². The number of aromatic amines is 2. The van der Waals surface area contributed by atoms with Crippen LogP contribution < -0.4 is 10.9 Å². The van der Waals surface area contributed by atoms with E-state index in [0.29, 0.717) is 29.1 Å². The molecule has 0 saturated carbocycles. The molecule has 0 spiro atoms. The normalized spacial score (nSPS) is 11.3. The number of carbonyl (C=O) groups is 1. The van der Waals surface area contributed by atoms with Crippen LogP contribution in [0.2, 0.25) is 0 Å². The number of para-hydroxylation sites is 1. The second-order valence-corrected chi connectivity index (χ2v) is 7.91. The number of pyridine rings is 1. The van der Waals surface area contributed by atoms with E-state index in [1.165, 1.54) is 6.20 Å². The van der Waals surface area contributed by atoms with Crippen LogP contribution in [-0.4, -0.2) is 38.9 Å². The van der Waals surface area contributed by atoms with Crippen molar-refractivity contribution in [2.45, 2.75) is 6.54 Å². The molecule has 0 unspecified atom stereocenters. The maximum atomic E-state index is 12.9. The van der Waals surface area contributed by atoms with Gasteiger partial charge in [-0.2, -0.15) is 5.10 Å². The summed E-state index contributed by atoms with van der Waals surface area (Å²) >= 11 is 0. The summed E-state index contributed by atoms with van der Waals surface area (Å²) in [6.07, 6.45) is 6.57. The van der Waals surface area contributed by atoms with Gasteiger partial charge in [0.15, 0.2) is 0 Å². The van der Waals surface area contributed by atoms with Crippen molar-refractivity contribution in [2.75, 3.05) is 12.4 Å². The molecule has 8 nitrogen and oxygen atoms in total. The van der Waals surface area contributed by atoms with Crippen LogP contribution in [0.3, 0.4) is 0 Å². The van der Waals surface area contributed by atoms with Gasteiger partial charge >= 0.3 is 0 Å². The molecule has 0 atom stereocenters. The fraction of sp³-hybridized carbons (Fsp3) is 0.0769. The molecule has 0 radical (unpaired) electrons. The highest BCUT2D eigenvalue weighted by molar-refractivity contribution is 6.04. The van der Waals surface area contributed by atoms with Crippen LogP contribution in [0, 0.1) is 0 Å². The average molecular weight is 451 g/mol. The molecule has 0 fully saturated rings. The number of nitrogens with one attached hydrogen (secondary N) is 3. The first-order chi connectivity index (χ1) is 16.6. The SMILES string of the molecule is CN=Cc1ccc(Cn2cc(NC(=O)c3c[nH]c(=O)c(-c4cc5ccccc5[nH]4)c3)cn2)cc1. The van der Waals surface area contributed by atoms with E-state index in [9.17, 15) is 9.59 Å². The molecule has 0 saturated heterocycles. The molecule has 0 aliphatic carbocycles. The standard InChI is InChI=1S/C26H22N6O2/c1-27-12-17-6-8-18(9-7-17)15-32-16-21(14-29-32)30-25(33)20-10-22(26(34)28-13-20)24-11-19-4-2-3-5-23(19)31-24/h2-14,16,31H,15H2,1H3,(H,28,34)(H,30,33). The number of hydrogen-bond donors (Lipinski definition) is 3. The predicted molar refractivity (Wildman–Crippen MR) is 134 cm³/mol. The summed E-state index contributed by atoms with van der Waals surface area (Å²) in [5.74, 6) is -0.337. The van der Waals surface area contributed by atoms with Gasteiger partial charge in [-0.05, 0) is 29.3 Å². The fourth-order valence-electron chi connectivity index (χ4n) is 3.80. The van der Waals surface area contributed by atoms with Gasteiger partial charge in [0.05, 0.1) is 35.2 Å². The second kappa shape index (κ2) is 9.03. The average Bonchev–Trinajstić information content (AvgIpc) is 3.47. The summed E-state index contributed by atoms with van der Waals surface area (Å²) in [6.45, 7) is 0.572. The minimum atomic E-state index is -0.337. The number of benzene rings is 2. The van der Waals surface area contributed by atoms with Gasteiger partial charge in [0.1, 0.15) is 0 Å². The lowest BCUT2D eigenvalue weighted by Gasteiger charge is -2.05. The zero-order chi connectivity index (χ0) is 23.5. The van der Waals surface area contributed by atoms with Crippen molar-refractivity contribution in [3.05, 3.63) is 106 Å². The molecule has 0 aliphatic rings. The summed E-state index contributed by atoms with van der Waals surface area (Å²) in [5.41, 5.74) is 4.73. The van der Waals surface area contributed by atoms with E-state index in [0.717, 1.165) is 22.0 Å². The Labute approximate surface area is 195 Å². The summed E-state index contributed by atoms with van der Waals surface area (Å²) in [5, 5.41) is 8.17. The molecule has 8 heteroatoms. The first kappa shape index (κ1) is 21.1. The monoisotopic (exact) mass is 450 g/mol. The molecule has 5 aromatic rings. The van der Waals surface area contributed by atoms with Crippen LogP contribution in [0.1, 0.15) is 21.5 Å². The number of hydrogen-bond acceptors (Lipinski definition) is 4. The van der Waals surface area contributed by atoms with Crippen molar-refractivity contribution < 1.29 is 4.79 Å². The Bertz CT molecular complexity index is 1520. The molecule has 3 N–H and O–H groups in total. The van der Waals surface area contributed by atoms with Crippen molar-refractivity contribution in [1.29, 1.82) is 0 Å². The van der Waals surface area contributed by atoms with E-state index in [1.54, 1.807) is 36.4 Å². The lowest BCUT2D eigenvalue weighted by atomic mass is 10.1. The maximum absolute atomic E-state index is 12.9. The largest absolute Gasteiger partial charge is 0.354 e. The molecule has 0 aliphatic heterocycles. The number of aliphatic imine (C=N–C) groups is 1. The van der Waals surface area contributed by atoms with Gasteiger partial charge in [-0.1, -0.05) is 42.5 Å². The Morgan fingerprint density at radius 2 is 1.97 bits per heavy atom. The quantitative estimate of drug-likeness (QED) is 0.339. The summed E-state index contributed by atoms with van der Waals surface area (Å²) in [6, 6.07) is 19.3. The summed E-state index contributed by atoms with van der Waals surface area (Å²) < 4.78 is 1.75. The van der Waals surface area contributed by atoms with E-state index < -0.39 is 0 Å². The lowest BCUT2D eigenvalue weighted by molar-refractivity contribution is 0.102. The molecular weight excluding hydrogens is 428 g/mol. The summed E-state index contributed by atoms with van der Waals surface area (Å²) in [4.78, 5) is 35.2. The first-order valence-electron chi connectivity index (χ1n) is 10.7. The number of aromatic nitrogens is 4. The number of rotatable bonds is 6. The van der Waals surface area contributed by atoms with Gasteiger partial charge in [-0.3, -0.25) is 19.3 Å². The molecule has 1 amide bonds. The number of anilines is 1. The Balaban J connectivity index is 1.31. The predicted octanol–water partition coefficient (Wildman–Crippen LogP) is 4.07. The number of carbonyl (C=O) groups excluding carboxylic acids is 1. The van der Waals surface area contributed by atoms with Gasteiger partial charge in [-0.15, -0.1) is 0 Å². The number of nitrogens with zero attached hydrogens (tertiary/aromatic N) is 3. The van der Waals surface area contributed by atoms with E-state index in [2.05, 4.69) is 25.4 Å². The molecule has 5 rings (SSSR count). The van der Waals surface area contributed by atoms with Crippen LogP contribution in [0.25, 0.3) is 22.2 Å². The van der Waals surface area contributed by atoms with E-state index >= 15 is 0 Å². The van der Waals surface area contributed by atoms with Crippen molar-refractivity contribution in [2.24, 2.45) is 4.99 Å². The Hall–Kier alpha value is -4.72. The van der Waals surface area contributed by atoms with Crippen LogP contribution in [0.5, 0.6) is 0 Å². The molecule has 3 aromatic heterocycles. The van der Waals surface area contributed by atoms with Gasteiger partial charge < -0.3 is 15.3 Å². The zero-order valence-corrected chi connectivity index (χ0v) is 18.4. The van der Waals surface area contributed by atoms with Crippen LogP contribution in [-0.2, 0) is 6.54 Å². The Morgan fingerprint density at radius 3 is 2.76 bits per heavy atom. The zero-order valence-electron chi connectivity index (χ0n) is 18.4. The van der Waals surface area contributed by atoms with Crippen molar-refractivity contribution in [3.63, 3.8) is 0 Å². The Morgan fingerprint density at radius 1 is 1.15 bits per heavy atom. The van der Waals surface area contributed by atoms with Crippen molar-refractivity contribution in [1.82, 2.24) is 19.7 Å². The maximum Gasteiger partial charge on any atom is 0.257 e. The van der Waals surface area contributed by atoms with E-state index in [-0.39, 0.29) is 11.5 Å². The van der Waals surface area contributed by atoms with Crippen LogP contribution in [0.15, 0.2) is 89.0 Å². The lowest BCUT2D eigenvalue weighted by Crippen LogP contribution is -2.16. The fourth-order valence-corrected chi connectivity index (χ4v) is 3.80. The smallest absolute Gasteiger partial charge is 0.257 e. The number of fused-ring (bicyclic) bond motifs is 1. The van der Waals surface area contributed by atoms with E-state index in [4.69, 9.17) is 0 Å². The molecule has 34 heavy (non-hydrogen) atoms. The molecular formula is C26H22N6O2. The molecule has 168 valence electrons. The molecule has 3 heterocycles. The number of amides is 1. The highest BCUT2D eigenvalue weighted by Crippen LogP contribution is 2.22. The summed E-state index contributed by atoms with van der Waals surface area (Å²) in [7, 11) is 1.74. The number of H-pyrrole nitrogens is 2. The van der Waals surface area contributed by atoms with Gasteiger partial charge in [-0.25, -0.2) is 0 Å². The highest BCUT2D eigenvalue weighted by Gasteiger charge is 2.13. The minimum Gasteiger partial charge on any atom is -0.354 e. The third kappa shape index (κ3) is 4.42.